The summed E-state index contributed by atoms with van der Waals surface area (Å²) in [6, 6.07) is 12.5. The van der Waals surface area contributed by atoms with Gasteiger partial charge in [0, 0.05) is 31.9 Å². The van der Waals surface area contributed by atoms with Gasteiger partial charge in [0.05, 0.1) is 17.8 Å². The van der Waals surface area contributed by atoms with E-state index < -0.39 is 5.82 Å². The quantitative estimate of drug-likeness (QED) is 0.813. The molecule has 132 valence electrons. The van der Waals surface area contributed by atoms with E-state index in [0.717, 1.165) is 37.6 Å². The molecule has 1 saturated heterocycles. The predicted molar refractivity (Wildman–Crippen MR) is 104 cm³/mol. The molecule has 0 aromatic heterocycles. The highest BCUT2D eigenvalue weighted by molar-refractivity contribution is 7.80. The number of methoxy groups -OCH3 is 1. The van der Waals surface area contributed by atoms with Crippen molar-refractivity contribution in [2.75, 3.05) is 43.5 Å². The first kappa shape index (κ1) is 17.8. The summed E-state index contributed by atoms with van der Waals surface area (Å²) >= 11 is 11.3. The molecule has 0 atom stereocenters. The fraction of sp³-hybridized carbons (Fsp3) is 0.278. The maximum Gasteiger partial charge on any atom is 0.173 e. The number of hydrogen-bond donors (Lipinski definition) is 1. The Morgan fingerprint density at radius 1 is 1.16 bits per heavy atom. The van der Waals surface area contributed by atoms with Crippen molar-refractivity contribution in [1.82, 2.24) is 4.90 Å². The van der Waals surface area contributed by atoms with Crippen molar-refractivity contribution in [3.63, 3.8) is 0 Å². The number of benzene rings is 2. The van der Waals surface area contributed by atoms with E-state index in [2.05, 4.69) is 21.2 Å². The van der Waals surface area contributed by atoms with Gasteiger partial charge in [0.2, 0.25) is 0 Å². The molecule has 0 saturated carbocycles. The highest BCUT2D eigenvalue weighted by Gasteiger charge is 2.21. The lowest BCUT2D eigenvalue weighted by atomic mass is 10.2. The van der Waals surface area contributed by atoms with E-state index in [1.807, 2.05) is 18.2 Å². The summed E-state index contributed by atoms with van der Waals surface area (Å²) < 4.78 is 18.7. The summed E-state index contributed by atoms with van der Waals surface area (Å²) in [7, 11) is 1.68. The first-order valence-electron chi connectivity index (χ1n) is 7.97. The molecule has 1 aliphatic heterocycles. The molecule has 0 aliphatic carbocycles. The average Bonchev–Trinajstić information content (AvgIpc) is 2.65. The van der Waals surface area contributed by atoms with Crippen LogP contribution in [0.15, 0.2) is 42.5 Å². The van der Waals surface area contributed by atoms with Gasteiger partial charge in [0.1, 0.15) is 11.6 Å². The molecule has 1 aliphatic rings. The van der Waals surface area contributed by atoms with Crippen LogP contribution in [-0.4, -0.2) is 43.3 Å². The van der Waals surface area contributed by atoms with Gasteiger partial charge in [-0.3, -0.25) is 0 Å². The van der Waals surface area contributed by atoms with Crippen molar-refractivity contribution < 1.29 is 9.13 Å². The molecule has 2 aromatic carbocycles. The molecule has 0 spiro atoms. The van der Waals surface area contributed by atoms with Crippen LogP contribution < -0.4 is 15.0 Å². The summed E-state index contributed by atoms with van der Waals surface area (Å²) in [5.41, 5.74) is 1.78. The molecule has 0 unspecified atom stereocenters. The number of nitrogens with one attached hydrogen (secondary N) is 1. The van der Waals surface area contributed by atoms with Gasteiger partial charge in [-0.25, -0.2) is 4.39 Å². The number of nitrogens with zero attached hydrogens (tertiary/aromatic N) is 2. The van der Waals surface area contributed by atoms with E-state index in [0.29, 0.717) is 10.8 Å². The highest BCUT2D eigenvalue weighted by atomic mass is 35.5. The molecule has 1 fully saturated rings. The number of hydrogen-bond acceptors (Lipinski definition) is 3. The second kappa shape index (κ2) is 7.89. The third-order valence-corrected chi connectivity index (χ3v) is 4.81. The monoisotopic (exact) mass is 379 g/mol. The lowest BCUT2D eigenvalue weighted by Gasteiger charge is -2.37. The van der Waals surface area contributed by atoms with Crippen LogP contribution in [0.3, 0.4) is 0 Å². The van der Waals surface area contributed by atoms with Gasteiger partial charge in [0.25, 0.3) is 0 Å². The van der Waals surface area contributed by atoms with Crippen LogP contribution in [0.25, 0.3) is 0 Å². The summed E-state index contributed by atoms with van der Waals surface area (Å²) in [4.78, 5) is 4.38. The second-order valence-electron chi connectivity index (χ2n) is 5.70. The minimum absolute atomic E-state index is 0.0776. The van der Waals surface area contributed by atoms with Crippen LogP contribution >= 0.6 is 23.8 Å². The number of anilines is 2. The molecule has 4 nitrogen and oxygen atoms in total. The van der Waals surface area contributed by atoms with E-state index in [4.69, 9.17) is 28.6 Å². The summed E-state index contributed by atoms with van der Waals surface area (Å²) in [6.45, 7) is 3.26. The molecule has 7 heteroatoms. The SMILES string of the molecule is COc1ccccc1N1CCN(C(=S)Nc2ccc(F)c(Cl)c2)CC1. The van der Waals surface area contributed by atoms with E-state index in [9.17, 15) is 4.39 Å². The van der Waals surface area contributed by atoms with Gasteiger partial charge in [-0.15, -0.1) is 0 Å². The van der Waals surface area contributed by atoms with Crippen LogP contribution in [0.2, 0.25) is 5.02 Å². The predicted octanol–water partition coefficient (Wildman–Crippen LogP) is 4.01. The van der Waals surface area contributed by atoms with E-state index in [1.54, 1.807) is 13.2 Å². The molecule has 3 rings (SSSR count). The smallest absolute Gasteiger partial charge is 0.173 e. The van der Waals surface area contributed by atoms with E-state index >= 15 is 0 Å². The first-order chi connectivity index (χ1) is 12.1. The van der Waals surface area contributed by atoms with Crippen molar-refractivity contribution in [3.05, 3.63) is 53.3 Å². The second-order valence-corrected chi connectivity index (χ2v) is 6.50. The Hall–Kier alpha value is -2.05. The van der Waals surface area contributed by atoms with Crippen LogP contribution in [0.5, 0.6) is 5.75 Å². The molecule has 1 heterocycles. The van der Waals surface area contributed by atoms with Crippen LogP contribution in [0, 0.1) is 5.82 Å². The van der Waals surface area contributed by atoms with E-state index in [-0.39, 0.29) is 5.02 Å². The lowest BCUT2D eigenvalue weighted by Crippen LogP contribution is -2.50. The average molecular weight is 380 g/mol. The highest BCUT2D eigenvalue weighted by Crippen LogP contribution is 2.28. The summed E-state index contributed by atoms with van der Waals surface area (Å²) in [6.07, 6.45) is 0. The molecular formula is C18H19ClFN3OS. The van der Waals surface area contributed by atoms with Crippen molar-refractivity contribution in [2.24, 2.45) is 0 Å². The Labute approximate surface area is 157 Å². The molecule has 2 aromatic rings. The molecule has 1 N–H and O–H groups in total. The van der Waals surface area contributed by atoms with Crippen LogP contribution in [0.1, 0.15) is 0 Å². The molecular weight excluding hydrogens is 361 g/mol. The van der Waals surface area contributed by atoms with Crippen LogP contribution in [-0.2, 0) is 0 Å². The molecule has 0 radical (unpaired) electrons. The number of piperazine rings is 1. The Morgan fingerprint density at radius 2 is 1.88 bits per heavy atom. The number of ether oxygens (including phenoxy) is 1. The summed E-state index contributed by atoms with van der Waals surface area (Å²) in [5.74, 6) is 0.432. The van der Waals surface area contributed by atoms with Crippen LogP contribution in [0.4, 0.5) is 15.8 Å². The Bertz CT molecular complexity index is 766. The largest absolute Gasteiger partial charge is 0.495 e. The Morgan fingerprint density at radius 3 is 2.56 bits per heavy atom. The van der Waals surface area contributed by atoms with Crippen molar-refractivity contribution in [3.8, 4) is 5.75 Å². The van der Waals surface area contributed by atoms with Gasteiger partial charge in [-0.2, -0.15) is 0 Å². The number of thiocarbonyl (C=S) groups is 1. The zero-order valence-corrected chi connectivity index (χ0v) is 15.4. The number of halogens is 2. The molecule has 0 bridgehead atoms. The fourth-order valence-corrected chi connectivity index (χ4v) is 3.30. The fourth-order valence-electron chi connectivity index (χ4n) is 2.82. The zero-order valence-electron chi connectivity index (χ0n) is 13.8. The maximum absolute atomic E-state index is 13.2. The Kier molecular flexibility index (Phi) is 5.60. The minimum Gasteiger partial charge on any atom is -0.495 e. The zero-order chi connectivity index (χ0) is 17.8. The first-order valence-corrected chi connectivity index (χ1v) is 8.76. The number of rotatable bonds is 3. The van der Waals surface area contributed by atoms with Crippen molar-refractivity contribution in [1.29, 1.82) is 0 Å². The summed E-state index contributed by atoms with van der Waals surface area (Å²) in [5, 5.41) is 3.81. The van der Waals surface area contributed by atoms with Gasteiger partial charge in [-0.05, 0) is 42.5 Å². The standard InChI is InChI=1S/C18H19ClFN3OS/c1-24-17-5-3-2-4-16(17)22-8-10-23(11-9-22)18(25)21-13-6-7-15(20)14(19)12-13/h2-7,12H,8-11H2,1H3,(H,21,25). The normalized spacial score (nSPS) is 14.4. The minimum atomic E-state index is -0.441. The third-order valence-electron chi connectivity index (χ3n) is 4.16. The molecule has 0 amide bonds. The lowest BCUT2D eigenvalue weighted by molar-refractivity contribution is 0.382. The third kappa shape index (κ3) is 4.14. The Balaban J connectivity index is 1.60. The van der Waals surface area contributed by atoms with E-state index in [1.165, 1.54) is 12.1 Å². The van der Waals surface area contributed by atoms with Gasteiger partial charge in [0.15, 0.2) is 5.11 Å². The van der Waals surface area contributed by atoms with Gasteiger partial charge in [-0.1, -0.05) is 23.7 Å². The number of para-hydroxylation sites is 2. The topological polar surface area (TPSA) is 27.7 Å². The van der Waals surface area contributed by atoms with Crippen molar-refractivity contribution in [2.45, 2.75) is 0 Å². The maximum atomic E-state index is 13.2. The molecule has 25 heavy (non-hydrogen) atoms. The van der Waals surface area contributed by atoms with Crippen molar-refractivity contribution >= 4 is 40.3 Å². The van der Waals surface area contributed by atoms with Gasteiger partial charge < -0.3 is 19.9 Å². The van der Waals surface area contributed by atoms with Gasteiger partial charge >= 0.3 is 0 Å².